The second-order valence-electron chi connectivity index (χ2n) is 7.15. The molecule has 1 heterocycles. The fourth-order valence-corrected chi connectivity index (χ4v) is 3.11. The summed E-state index contributed by atoms with van der Waals surface area (Å²) in [6.07, 6.45) is -2.94. The van der Waals surface area contributed by atoms with Crippen molar-refractivity contribution >= 4 is 23.2 Å². The third-order valence-corrected chi connectivity index (χ3v) is 4.83. The monoisotopic (exact) mass is 393 g/mol. The molecule has 0 aliphatic carbocycles. The minimum absolute atomic E-state index is 0.212. The molecule has 2 aromatic rings. The van der Waals surface area contributed by atoms with Crippen LogP contribution in [0.1, 0.15) is 30.9 Å². The van der Waals surface area contributed by atoms with Gasteiger partial charge in [-0.05, 0) is 47.9 Å². The zero-order chi connectivity index (χ0) is 21.0. The normalized spacial score (nSPS) is 17.7. The molecule has 0 spiro atoms. The number of anilines is 2. The van der Waals surface area contributed by atoms with Crippen LogP contribution in [0, 0.1) is 11.3 Å². The molecule has 1 aliphatic heterocycles. The van der Waals surface area contributed by atoms with Crippen LogP contribution in [-0.2, 0) is 14.3 Å². The van der Waals surface area contributed by atoms with Crippen molar-refractivity contribution in [3.63, 3.8) is 0 Å². The number of carbonyl (C=O) groups is 2. The Labute approximate surface area is 169 Å². The van der Waals surface area contributed by atoms with Gasteiger partial charge in [0.25, 0.3) is 11.8 Å². The lowest BCUT2D eigenvalue weighted by Gasteiger charge is -2.34. The van der Waals surface area contributed by atoms with Gasteiger partial charge in [-0.2, -0.15) is 5.26 Å². The summed E-state index contributed by atoms with van der Waals surface area (Å²) in [5.74, 6) is -0.828. The van der Waals surface area contributed by atoms with E-state index >= 15 is 0 Å². The number of aliphatic hydroxyl groups excluding tert-OH is 1. The molecule has 0 radical (unpaired) electrons. The maximum absolute atomic E-state index is 12.9. The van der Waals surface area contributed by atoms with Gasteiger partial charge in [0.2, 0.25) is 0 Å². The first kappa shape index (κ1) is 20.5. The predicted octanol–water partition coefficient (Wildman–Crippen LogP) is 2.41. The molecule has 1 unspecified atom stereocenters. The van der Waals surface area contributed by atoms with Gasteiger partial charge >= 0.3 is 0 Å². The molecule has 7 heteroatoms. The molecule has 1 fully saturated rings. The number of carbonyl (C=O) groups excluding carboxylic acids is 2. The number of nitrogens with one attached hydrogen (secondary N) is 1. The fraction of sp³-hybridized carbons (Fsp3) is 0.318. The number of benzene rings is 2. The maximum Gasteiger partial charge on any atom is 0.259 e. The van der Waals surface area contributed by atoms with Crippen LogP contribution in [0.25, 0.3) is 0 Å². The summed E-state index contributed by atoms with van der Waals surface area (Å²) >= 11 is 0. The summed E-state index contributed by atoms with van der Waals surface area (Å²) in [4.78, 5) is 26.8. The van der Waals surface area contributed by atoms with Crippen LogP contribution in [-0.4, -0.2) is 42.3 Å². The summed E-state index contributed by atoms with van der Waals surface area (Å²) in [7, 11) is 0. The van der Waals surface area contributed by atoms with E-state index in [0.717, 1.165) is 5.56 Å². The molecule has 2 aromatic carbocycles. The fourth-order valence-electron chi connectivity index (χ4n) is 3.11. The highest BCUT2D eigenvalue weighted by Gasteiger charge is 2.39. The Kier molecular flexibility index (Phi) is 6.27. The van der Waals surface area contributed by atoms with Gasteiger partial charge in [-0.25, -0.2) is 0 Å². The quantitative estimate of drug-likeness (QED) is 0.812. The van der Waals surface area contributed by atoms with Crippen molar-refractivity contribution < 1.29 is 19.4 Å². The number of ether oxygens (including phenoxy) is 1. The molecule has 2 amide bonds. The second kappa shape index (κ2) is 8.86. The minimum atomic E-state index is -1.66. The van der Waals surface area contributed by atoms with Crippen molar-refractivity contribution in [2.24, 2.45) is 0 Å². The van der Waals surface area contributed by atoms with E-state index in [2.05, 4.69) is 19.2 Å². The summed E-state index contributed by atoms with van der Waals surface area (Å²) in [5, 5.41) is 21.8. The standard InChI is InChI=1S/C22H23N3O4/c1-14(2)16-5-9-18(10-6-16)25-11-12-29-20(22(25)28)19(26)21(27)24-17-7-3-15(13-23)4-8-17/h3-10,14,19-20,26H,11-12H2,1-2H3,(H,24,27)/t19?,20-/m1/s1. The number of amides is 2. The number of hydrogen-bond donors (Lipinski definition) is 2. The molecule has 3 rings (SSSR count). The van der Waals surface area contributed by atoms with Crippen LogP contribution >= 0.6 is 0 Å². The highest BCUT2D eigenvalue weighted by Crippen LogP contribution is 2.24. The first-order valence-corrected chi connectivity index (χ1v) is 9.42. The van der Waals surface area contributed by atoms with E-state index in [-0.39, 0.29) is 6.61 Å². The summed E-state index contributed by atoms with van der Waals surface area (Å²) < 4.78 is 5.42. The average Bonchev–Trinajstić information content (AvgIpc) is 2.74. The van der Waals surface area contributed by atoms with E-state index < -0.39 is 24.0 Å². The van der Waals surface area contributed by atoms with E-state index in [1.807, 2.05) is 30.3 Å². The third-order valence-electron chi connectivity index (χ3n) is 4.83. The van der Waals surface area contributed by atoms with Crippen LogP contribution in [0.15, 0.2) is 48.5 Å². The van der Waals surface area contributed by atoms with E-state index in [4.69, 9.17) is 10.00 Å². The Balaban J connectivity index is 1.69. The van der Waals surface area contributed by atoms with Crippen molar-refractivity contribution in [1.82, 2.24) is 0 Å². The Bertz CT molecular complexity index is 917. The van der Waals surface area contributed by atoms with Crippen molar-refractivity contribution in [2.75, 3.05) is 23.4 Å². The average molecular weight is 393 g/mol. The Hall–Kier alpha value is -3.21. The third kappa shape index (κ3) is 4.62. The number of nitrogens with zero attached hydrogens (tertiary/aromatic N) is 2. The Morgan fingerprint density at radius 2 is 1.86 bits per heavy atom. The molecule has 1 aliphatic rings. The largest absolute Gasteiger partial charge is 0.380 e. The van der Waals surface area contributed by atoms with Crippen LogP contribution in [0.2, 0.25) is 0 Å². The van der Waals surface area contributed by atoms with Gasteiger partial charge in [0.05, 0.1) is 18.2 Å². The van der Waals surface area contributed by atoms with E-state index in [1.165, 1.54) is 4.90 Å². The first-order chi connectivity index (χ1) is 13.9. The molecule has 0 aromatic heterocycles. The molecule has 2 N–H and O–H groups in total. The predicted molar refractivity (Wildman–Crippen MR) is 108 cm³/mol. The van der Waals surface area contributed by atoms with Crippen molar-refractivity contribution in [3.8, 4) is 6.07 Å². The molecule has 29 heavy (non-hydrogen) atoms. The van der Waals surface area contributed by atoms with E-state index in [0.29, 0.717) is 29.4 Å². The lowest BCUT2D eigenvalue weighted by molar-refractivity contribution is -0.150. The zero-order valence-corrected chi connectivity index (χ0v) is 16.3. The number of aliphatic hydroxyl groups is 1. The van der Waals surface area contributed by atoms with Gasteiger partial charge in [-0.1, -0.05) is 26.0 Å². The van der Waals surface area contributed by atoms with Gasteiger partial charge in [-0.15, -0.1) is 0 Å². The van der Waals surface area contributed by atoms with Gasteiger partial charge in [0, 0.05) is 17.9 Å². The molecule has 0 bridgehead atoms. The SMILES string of the molecule is CC(C)c1ccc(N2CCO[C@H](C(O)C(=O)Nc3ccc(C#N)cc3)C2=O)cc1. The van der Waals surface area contributed by atoms with E-state index in [9.17, 15) is 14.7 Å². The molecule has 150 valence electrons. The van der Waals surface area contributed by atoms with Gasteiger partial charge < -0.3 is 20.1 Å². The number of hydrogen-bond acceptors (Lipinski definition) is 5. The first-order valence-electron chi connectivity index (χ1n) is 9.42. The second-order valence-corrected chi connectivity index (χ2v) is 7.15. The Morgan fingerprint density at radius 1 is 1.21 bits per heavy atom. The minimum Gasteiger partial charge on any atom is -0.380 e. The smallest absolute Gasteiger partial charge is 0.259 e. The summed E-state index contributed by atoms with van der Waals surface area (Å²) in [5.41, 5.74) is 2.73. The summed E-state index contributed by atoms with van der Waals surface area (Å²) in [6, 6.07) is 15.8. The highest BCUT2D eigenvalue weighted by atomic mass is 16.5. The molecule has 0 saturated carbocycles. The molecular formula is C22H23N3O4. The molecule has 1 saturated heterocycles. The van der Waals surface area contributed by atoms with Crippen molar-refractivity contribution in [2.45, 2.75) is 32.0 Å². The van der Waals surface area contributed by atoms with Crippen LogP contribution in [0.4, 0.5) is 11.4 Å². The Morgan fingerprint density at radius 3 is 2.45 bits per heavy atom. The zero-order valence-electron chi connectivity index (χ0n) is 16.3. The highest BCUT2D eigenvalue weighted by molar-refractivity contribution is 6.03. The number of morpholine rings is 1. The van der Waals surface area contributed by atoms with Gasteiger partial charge in [0.15, 0.2) is 12.2 Å². The van der Waals surface area contributed by atoms with Crippen LogP contribution in [0.3, 0.4) is 0 Å². The maximum atomic E-state index is 12.9. The number of nitriles is 1. The lowest BCUT2D eigenvalue weighted by atomic mass is 10.0. The van der Waals surface area contributed by atoms with Crippen molar-refractivity contribution in [1.29, 1.82) is 5.26 Å². The number of rotatable bonds is 5. The van der Waals surface area contributed by atoms with Gasteiger partial charge in [-0.3, -0.25) is 9.59 Å². The van der Waals surface area contributed by atoms with Crippen LogP contribution in [0.5, 0.6) is 0 Å². The van der Waals surface area contributed by atoms with E-state index in [1.54, 1.807) is 24.3 Å². The van der Waals surface area contributed by atoms with Crippen LogP contribution < -0.4 is 10.2 Å². The van der Waals surface area contributed by atoms with Crippen molar-refractivity contribution in [3.05, 3.63) is 59.7 Å². The molecule has 7 nitrogen and oxygen atoms in total. The summed E-state index contributed by atoms with van der Waals surface area (Å²) in [6.45, 7) is 4.74. The molecular weight excluding hydrogens is 370 g/mol. The molecule has 2 atom stereocenters. The lowest BCUT2D eigenvalue weighted by Crippen LogP contribution is -2.55. The topological polar surface area (TPSA) is 103 Å². The van der Waals surface area contributed by atoms with Gasteiger partial charge in [0.1, 0.15) is 0 Å².